The van der Waals surface area contributed by atoms with Crippen LogP contribution in [0.1, 0.15) is 31.9 Å². The number of anilines is 1. The molecule has 2 aromatic rings. The van der Waals surface area contributed by atoms with Crippen molar-refractivity contribution >= 4 is 23.7 Å². The van der Waals surface area contributed by atoms with Crippen molar-refractivity contribution in [2.24, 2.45) is 5.41 Å². The van der Waals surface area contributed by atoms with Gasteiger partial charge in [0.1, 0.15) is 11.5 Å². The van der Waals surface area contributed by atoms with Gasteiger partial charge in [0.2, 0.25) is 5.91 Å². The molecule has 0 saturated carbocycles. The Hall–Kier alpha value is -2.95. The van der Waals surface area contributed by atoms with Crippen LogP contribution in [0.25, 0.3) is 6.08 Å². The zero-order chi connectivity index (χ0) is 18.4. The summed E-state index contributed by atoms with van der Waals surface area (Å²) >= 11 is 0. The maximum Gasteiger partial charge on any atom is 0.273 e. The van der Waals surface area contributed by atoms with Crippen LogP contribution in [0.5, 0.6) is 0 Å². The summed E-state index contributed by atoms with van der Waals surface area (Å²) in [5.41, 5.74) is 1.38. The van der Waals surface area contributed by atoms with E-state index >= 15 is 0 Å². The summed E-state index contributed by atoms with van der Waals surface area (Å²) in [6.45, 7) is 7.30. The Morgan fingerprint density at radius 3 is 2.28 bits per heavy atom. The molecule has 1 heterocycles. The van der Waals surface area contributed by atoms with Crippen LogP contribution in [-0.4, -0.2) is 16.8 Å². The van der Waals surface area contributed by atoms with E-state index in [0.29, 0.717) is 5.82 Å². The number of rotatable bonds is 4. The molecule has 2 rings (SSSR count). The molecule has 25 heavy (non-hydrogen) atoms. The van der Waals surface area contributed by atoms with E-state index in [4.69, 9.17) is 0 Å². The summed E-state index contributed by atoms with van der Waals surface area (Å²) in [7, 11) is 0. The molecule has 0 radical (unpaired) electrons. The fourth-order valence-corrected chi connectivity index (χ4v) is 1.91. The number of hydrogen-bond donors (Lipinski definition) is 2. The number of pyridine rings is 1. The molecule has 2 N–H and O–H groups in total. The number of aromatic nitrogens is 1. The minimum Gasteiger partial charge on any atom is -0.321 e. The van der Waals surface area contributed by atoms with Crippen LogP contribution in [0.4, 0.5) is 5.82 Å². The second kappa shape index (κ2) is 7.75. The topological polar surface area (TPSA) is 71.1 Å². The molecule has 0 aliphatic rings. The lowest BCUT2D eigenvalue weighted by atomic mass is 9.95. The van der Waals surface area contributed by atoms with Crippen molar-refractivity contribution in [2.75, 3.05) is 5.32 Å². The van der Waals surface area contributed by atoms with Crippen molar-refractivity contribution in [3.8, 4) is 0 Å². The summed E-state index contributed by atoms with van der Waals surface area (Å²) in [5, 5.41) is 5.43. The molecule has 2 amide bonds. The van der Waals surface area contributed by atoms with E-state index in [1.54, 1.807) is 39.1 Å². The largest absolute Gasteiger partial charge is 0.321 e. The lowest BCUT2D eigenvalue weighted by Gasteiger charge is -2.19. The smallest absolute Gasteiger partial charge is 0.273 e. The number of carbonyl (C=O) groups is 2. The van der Waals surface area contributed by atoms with Crippen molar-refractivity contribution in [1.29, 1.82) is 0 Å². The monoisotopic (exact) mass is 337 g/mol. The maximum absolute atomic E-state index is 12.6. The van der Waals surface area contributed by atoms with Gasteiger partial charge in [0, 0.05) is 11.6 Å². The third-order valence-corrected chi connectivity index (χ3v) is 3.44. The highest BCUT2D eigenvalue weighted by Crippen LogP contribution is 2.15. The first kappa shape index (κ1) is 18.4. The Bertz CT molecular complexity index is 773. The molecule has 0 aliphatic heterocycles. The first-order valence-corrected chi connectivity index (χ1v) is 8.08. The number of hydrogen-bond acceptors (Lipinski definition) is 3. The average molecular weight is 337 g/mol. The van der Waals surface area contributed by atoms with E-state index < -0.39 is 11.3 Å². The first-order chi connectivity index (χ1) is 11.8. The van der Waals surface area contributed by atoms with E-state index in [-0.39, 0.29) is 11.6 Å². The second-order valence-electron chi connectivity index (χ2n) is 6.85. The van der Waals surface area contributed by atoms with Crippen LogP contribution in [0, 0.1) is 12.3 Å². The van der Waals surface area contributed by atoms with Crippen molar-refractivity contribution in [1.82, 2.24) is 10.3 Å². The highest BCUT2D eigenvalue weighted by Gasteiger charge is 2.24. The Kier molecular flexibility index (Phi) is 5.70. The lowest BCUT2D eigenvalue weighted by Crippen LogP contribution is -2.38. The number of nitrogens with zero attached hydrogens (tertiary/aromatic N) is 1. The number of amides is 2. The number of nitrogens with one attached hydrogen (secondary N) is 2. The molecule has 130 valence electrons. The molecule has 0 bridgehead atoms. The number of benzene rings is 1. The maximum atomic E-state index is 12.6. The molecule has 1 aromatic carbocycles. The predicted octanol–water partition coefficient (Wildman–Crippen LogP) is 3.53. The van der Waals surface area contributed by atoms with Gasteiger partial charge >= 0.3 is 0 Å². The number of carbonyl (C=O) groups excluding carboxylic acids is 2. The Balaban J connectivity index is 2.27. The zero-order valence-corrected chi connectivity index (χ0v) is 15.0. The third-order valence-electron chi connectivity index (χ3n) is 3.44. The second-order valence-corrected chi connectivity index (χ2v) is 6.85. The summed E-state index contributed by atoms with van der Waals surface area (Å²) in [6, 6.07) is 12.9. The predicted molar refractivity (Wildman–Crippen MR) is 99.6 cm³/mol. The lowest BCUT2D eigenvalue weighted by molar-refractivity contribution is -0.128. The highest BCUT2D eigenvalue weighted by molar-refractivity contribution is 6.08. The Labute approximate surface area is 148 Å². The Morgan fingerprint density at radius 1 is 1.04 bits per heavy atom. The molecule has 0 aliphatic carbocycles. The van der Waals surface area contributed by atoms with Gasteiger partial charge in [0.25, 0.3) is 5.91 Å². The quantitative estimate of drug-likeness (QED) is 0.839. The summed E-state index contributed by atoms with van der Waals surface area (Å²) in [6.07, 6.45) is 3.32. The van der Waals surface area contributed by atoms with Gasteiger partial charge < -0.3 is 10.6 Å². The number of aryl methyl sites for hydroxylation is 1. The molecule has 0 spiro atoms. The van der Waals surface area contributed by atoms with E-state index in [9.17, 15) is 9.59 Å². The van der Waals surface area contributed by atoms with Gasteiger partial charge in [0.05, 0.1) is 0 Å². The highest BCUT2D eigenvalue weighted by atomic mass is 16.2. The summed E-state index contributed by atoms with van der Waals surface area (Å²) < 4.78 is 0. The fraction of sp³-hybridized carbons (Fsp3) is 0.250. The van der Waals surface area contributed by atoms with Gasteiger partial charge in [-0.2, -0.15) is 0 Å². The normalized spacial score (nSPS) is 11.8. The van der Waals surface area contributed by atoms with Crippen molar-refractivity contribution in [2.45, 2.75) is 27.7 Å². The van der Waals surface area contributed by atoms with Crippen LogP contribution >= 0.6 is 0 Å². The molecule has 0 atom stereocenters. The van der Waals surface area contributed by atoms with Crippen molar-refractivity contribution in [3.63, 3.8) is 0 Å². The van der Waals surface area contributed by atoms with E-state index in [1.165, 1.54) is 0 Å². The summed E-state index contributed by atoms with van der Waals surface area (Å²) in [4.78, 5) is 29.1. The summed E-state index contributed by atoms with van der Waals surface area (Å²) in [5.74, 6) is -0.223. The van der Waals surface area contributed by atoms with E-state index in [2.05, 4.69) is 15.6 Å². The molecule has 1 aromatic heterocycles. The van der Waals surface area contributed by atoms with E-state index in [1.807, 2.05) is 43.3 Å². The average Bonchev–Trinajstić information content (AvgIpc) is 2.56. The van der Waals surface area contributed by atoms with Gasteiger partial charge in [-0.3, -0.25) is 9.59 Å². The van der Waals surface area contributed by atoms with Crippen LogP contribution in [-0.2, 0) is 9.59 Å². The molecule has 0 saturated heterocycles. The van der Waals surface area contributed by atoms with Crippen LogP contribution < -0.4 is 10.6 Å². The molecule has 0 unspecified atom stereocenters. The Morgan fingerprint density at radius 2 is 1.72 bits per heavy atom. The van der Waals surface area contributed by atoms with Crippen molar-refractivity contribution < 1.29 is 9.59 Å². The molecule has 5 heteroatoms. The molecule has 0 fully saturated rings. The molecule has 5 nitrogen and oxygen atoms in total. The van der Waals surface area contributed by atoms with E-state index in [0.717, 1.165) is 11.1 Å². The van der Waals surface area contributed by atoms with Crippen LogP contribution in [0.2, 0.25) is 0 Å². The van der Waals surface area contributed by atoms with Gasteiger partial charge in [-0.15, -0.1) is 0 Å². The molecular weight excluding hydrogens is 314 g/mol. The zero-order valence-electron chi connectivity index (χ0n) is 15.0. The van der Waals surface area contributed by atoms with Gasteiger partial charge in [0.15, 0.2) is 0 Å². The fourth-order valence-electron chi connectivity index (χ4n) is 1.91. The minimum atomic E-state index is -0.613. The standard InChI is InChI=1S/C20H23N3O2/c1-14-10-11-17(21-13-14)23-18(24)16(22-19(25)20(2,3)4)12-15-8-6-5-7-9-15/h5-13H,1-4H3,(H,22,25)(H,21,23,24)/b16-12+. The van der Waals surface area contributed by atoms with Gasteiger partial charge in [-0.05, 0) is 30.2 Å². The van der Waals surface area contributed by atoms with Crippen molar-refractivity contribution in [3.05, 3.63) is 65.5 Å². The SMILES string of the molecule is Cc1ccc(NC(=O)/C(=C\c2ccccc2)NC(=O)C(C)(C)C)nc1. The van der Waals surface area contributed by atoms with Crippen LogP contribution in [0.3, 0.4) is 0 Å². The minimum absolute atomic E-state index is 0.175. The van der Waals surface area contributed by atoms with Crippen LogP contribution in [0.15, 0.2) is 54.4 Å². The van der Waals surface area contributed by atoms with Gasteiger partial charge in [-0.1, -0.05) is 57.2 Å². The van der Waals surface area contributed by atoms with Gasteiger partial charge in [-0.25, -0.2) is 4.98 Å². The third kappa shape index (κ3) is 5.57. The first-order valence-electron chi connectivity index (χ1n) is 8.08. The molecular formula is C20H23N3O2.